The maximum Gasteiger partial charge on any atom is 0.254 e. The molecule has 1 heterocycles. The molecular weight excluding hydrogens is 276 g/mol. The Kier molecular flexibility index (Phi) is 4.15. The first-order valence-corrected chi connectivity index (χ1v) is 6.47. The molecule has 0 spiro atoms. The van der Waals surface area contributed by atoms with E-state index in [0.717, 1.165) is 0 Å². The molecule has 20 heavy (non-hydrogen) atoms. The number of amides is 1. The number of nitrogens with two attached hydrogens (primary N) is 1. The molecule has 0 aliphatic heterocycles. The van der Waals surface area contributed by atoms with E-state index in [0.29, 0.717) is 16.1 Å². The summed E-state index contributed by atoms with van der Waals surface area (Å²) in [6.45, 7) is 1.77. The van der Waals surface area contributed by atoms with Crippen molar-refractivity contribution in [1.29, 1.82) is 0 Å². The topological polar surface area (TPSA) is 64.0 Å². The van der Waals surface area contributed by atoms with Crippen LogP contribution < -0.4 is 10.3 Å². The van der Waals surface area contributed by atoms with E-state index in [4.69, 9.17) is 17.3 Å². The van der Waals surface area contributed by atoms with Crippen molar-refractivity contribution in [1.82, 2.24) is 0 Å². The van der Waals surface area contributed by atoms with Crippen LogP contribution in [-0.2, 0) is 0 Å². The third-order valence-corrected chi connectivity index (χ3v) is 3.31. The Balaban J connectivity index is 2.28. The van der Waals surface area contributed by atoms with Gasteiger partial charge in [0.05, 0.1) is 0 Å². The number of hydrogen-bond acceptors (Lipinski definition) is 2. The highest BCUT2D eigenvalue weighted by atomic mass is 35.5. The molecule has 1 amide bonds. The van der Waals surface area contributed by atoms with Crippen molar-refractivity contribution < 1.29 is 14.2 Å². The molecule has 0 saturated heterocycles. The van der Waals surface area contributed by atoms with E-state index in [2.05, 4.69) is 0 Å². The summed E-state index contributed by atoms with van der Waals surface area (Å²) in [6.07, 6.45) is 3.30. The van der Waals surface area contributed by atoms with Gasteiger partial charge in [0.25, 0.3) is 5.91 Å². The van der Waals surface area contributed by atoms with Crippen LogP contribution in [-0.4, -0.2) is 11.7 Å². The van der Waals surface area contributed by atoms with Gasteiger partial charge in [-0.2, -0.15) is 4.57 Å². The molecule has 102 valence electrons. The van der Waals surface area contributed by atoms with E-state index >= 15 is 0 Å². The number of aromatic nitrogens is 1. The first kappa shape index (κ1) is 14.2. The van der Waals surface area contributed by atoms with E-state index in [-0.39, 0.29) is 5.78 Å². The van der Waals surface area contributed by atoms with Crippen LogP contribution in [0.3, 0.4) is 0 Å². The van der Waals surface area contributed by atoms with Gasteiger partial charge in [-0.05, 0) is 30.3 Å². The second-order valence-electron chi connectivity index (χ2n) is 4.45. The van der Waals surface area contributed by atoms with Crippen molar-refractivity contribution >= 4 is 23.3 Å². The van der Waals surface area contributed by atoms with E-state index in [1.165, 1.54) is 0 Å². The Hall–Kier alpha value is -2.20. The zero-order valence-electron chi connectivity index (χ0n) is 10.9. The van der Waals surface area contributed by atoms with E-state index in [1.807, 2.05) is 0 Å². The average Bonchev–Trinajstić information content (AvgIpc) is 2.46. The Morgan fingerprint density at radius 1 is 1.15 bits per heavy atom. The van der Waals surface area contributed by atoms with E-state index in [9.17, 15) is 9.59 Å². The molecule has 1 aromatic carbocycles. The highest BCUT2D eigenvalue weighted by Gasteiger charge is 2.24. The lowest BCUT2D eigenvalue weighted by Crippen LogP contribution is -2.42. The highest BCUT2D eigenvalue weighted by molar-refractivity contribution is 6.30. The van der Waals surface area contributed by atoms with Gasteiger partial charge in [0.2, 0.25) is 11.8 Å². The van der Waals surface area contributed by atoms with Crippen LogP contribution in [0.1, 0.15) is 33.7 Å². The SMILES string of the molecule is C[C@@H](C(=O)c1ccc(Cl)cc1)[n+]1cccc(C(N)=O)c1. The van der Waals surface area contributed by atoms with Gasteiger partial charge in [-0.15, -0.1) is 0 Å². The summed E-state index contributed by atoms with van der Waals surface area (Å²) in [5.74, 6) is -0.584. The molecule has 1 atom stereocenters. The predicted molar refractivity (Wildman–Crippen MR) is 75.6 cm³/mol. The smallest absolute Gasteiger partial charge is 0.254 e. The maximum atomic E-state index is 12.4. The van der Waals surface area contributed by atoms with Crippen LogP contribution in [0.2, 0.25) is 5.02 Å². The van der Waals surface area contributed by atoms with Crippen LogP contribution >= 0.6 is 11.6 Å². The highest BCUT2D eigenvalue weighted by Crippen LogP contribution is 2.13. The largest absolute Gasteiger partial charge is 0.365 e. The number of rotatable bonds is 4. The summed E-state index contributed by atoms with van der Waals surface area (Å²) < 4.78 is 1.66. The van der Waals surface area contributed by atoms with Crippen LogP contribution in [0, 0.1) is 0 Å². The van der Waals surface area contributed by atoms with Gasteiger partial charge >= 0.3 is 0 Å². The van der Waals surface area contributed by atoms with Crippen molar-refractivity contribution in [2.75, 3.05) is 0 Å². The Bertz CT molecular complexity index is 653. The number of nitrogens with zero attached hydrogens (tertiary/aromatic N) is 1. The number of carbonyl (C=O) groups is 2. The molecule has 5 heteroatoms. The fourth-order valence-corrected chi connectivity index (χ4v) is 2.00. The molecular formula is C15H14ClN2O2+. The first-order chi connectivity index (χ1) is 9.49. The number of carbonyl (C=O) groups excluding carboxylic acids is 2. The molecule has 0 fully saturated rings. The van der Waals surface area contributed by atoms with Gasteiger partial charge in [0.1, 0.15) is 5.56 Å². The van der Waals surface area contributed by atoms with Gasteiger partial charge in [0, 0.05) is 23.6 Å². The molecule has 0 saturated carbocycles. The van der Waals surface area contributed by atoms with Gasteiger partial charge in [0.15, 0.2) is 12.4 Å². The minimum atomic E-state index is -0.523. The van der Waals surface area contributed by atoms with Gasteiger partial charge < -0.3 is 5.73 Å². The number of benzene rings is 1. The monoisotopic (exact) mass is 289 g/mol. The van der Waals surface area contributed by atoms with Crippen molar-refractivity contribution in [3.63, 3.8) is 0 Å². The number of hydrogen-bond donors (Lipinski definition) is 1. The molecule has 0 bridgehead atoms. The lowest BCUT2D eigenvalue weighted by molar-refractivity contribution is -0.704. The van der Waals surface area contributed by atoms with Crippen molar-refractivity contribution in [3.05, 3.63) is 64.9 Å². The van der Waals surface area contributed by atoms with Crippen molar-refractivity contribution in [2.24, 2.45) is 5.73 Å². The summed E-state index contributed by atoms with van der Waals surface area (Å²) in [5.41, 5.74) is 6.17. The zero-order valence-corrected chi connectivity index (χ0v) is 11.7. The molecule has 2 aromatic rings. The molecule has 0 aliphatic carbocycles. The minimum Gasteiger partial charge on any atom is -0.365 e. The first-order valence-electron chi connectivity index (χ1n) is 6.09. The standard InChI is InChI=1S/C15H13ClN2O2/c1-10(14(19)11-4-6-13(16)7-5-11)18-8-2-3-12(9-18)15(17)20/h2-10H,1H3,(H-,17,20)/p+1/t10-/m0/s1. The van der Waals surface area contributed by atoms with Crippen LogP contribution in [0.5, 0.6) is 0 Å². The third kappa shape index (κ3) is 3.03. The molecule has 0 aliphatic rings. The van der Waals surface area contributed by atoms with Gasteiger partial charge in [-0.1, -0.05) is 11.6 Å². The molecule has 0 radical (unpaired) electrons. The Morgan fingerprint density at radius 3 is 2.40 bits per heavy atom. The van der Waals surface area contributed by atoms with Gasteiger partial charge in [-0.3, -0.25) is 9.59 Å². The quantitative estimate of drug-likeness (QED) is 0.692. The summed E-state index contributed by atoms with van der Waals surface area (Å²) in [7, 11) is 0. The number of primary amides is 1. The number of ketones is 1. The lowest BCUT2D eigenvalue weighted by Gasteiger charge is -2.07. The summed E-state index contributed by atoms with van der Waals surface area (Å²) in [6, 6.07) is 9.57. The third-order valence-electron chi connectivity index (χ3n) is 3.06. The molecule has 2 N–H and O–H groups in total. The Morgan fingerprint density at radius 2 is 1.80 bits per heavy atom. The number of halogens is 1. The van der Waals surface area contributed by atoms with Gasteiger partial charge in [-0.25, -0.2) is 0 Å². The van der Waals surface area contributed by atoms with Crippen LogP contribution in [0.15, 0.2) is 48.8 Å². The summed E-state index contributed by atoms with van der Waals surface area (Å²) >= 11 is 5.80. The van der Waals surface area contributed by atoms with Crippen LogP contribution in [0.4, 0.5) is 0 Å². The number of pyridine rings is 1. The van der Waals surface area contributed by atoms with E-state index < -0.39 is 11.9 Å². The normalized spacial score (nSPS) is 11.9. The predicted octanol–water partition coefficient (Wildman–Crippen LogP) is 2.17. The van der Waals surface area contributed by atoms with Crippen molar-refractivity contribution in [2.45, 2.75) is 13.0 Å². The average molecular weight is 290 g/mol. The molecule has 0 unspecified atom stereocenters. The fraction of sp³-hybridized carbons (Fsp3) is 0.133. The lowest BCUT2D eigenvalue weighted by atomic mass is 10.1. The molecule has 2 rings (SSSR count). The molecule has 4 nitrogen and oxygen atoms in total. The number of Topliss-reactive ketones (excluding diaryl/α,β-unsaturated/α-hetero) is 1. The van der Waals surface area contributed by atoms with E-state index in [1.54, 1.807) is 60.3 Å². The maximum absolute atomic E-state index is 12.4. The molecule has 1 aromatic heterocycles. The van der Waals surface area contributed by atoms with Crippen LogP contribution in [0.25, 0.3) is 0 Å². The summed E-state index contributed by atoms with van der Waals surface area (Å²) in [4.78, 5) is 23.5. The summed E-state index contributed by atoms with van der Waals surface area (Å²) in [5, 5.41) is 0.581. The fourth-order valence-electron chi connectivity index (χ4n) is 1.87. The van der Waals surface area contributed by atoms with Crippen molar-refractivity contribution in [3.8, 4) is 0 Å². The minimum absolute atomic E-state index is 0.0618. The zero-order chi connectivity index (χ0) is 14.7. The Labute approximate surface area is 121 Å². The second-order valence-corrected chi connectivity index (χ2v) is 4.89. The second kappa shape index (κ2) is 5.84.